The number of methoxy groups -OCH3 is 1. The minimum Gasteiger partial charge on any atom is -0.497 e. The molecule has 46 heavy (non-hydrogen) atoms. The van der Waals surface area contributed by atoms with Crippen molar-refractivity contribution in [1.82, 2.24) is 10.2 Å². The smallest absolute Gasteiger partial charge is 0.243 e. The highest BCUT2D eigenvalue weighted by Crippen LogP contribution is 2.26. The number of nitrogens with one attached hydrogen (secondary N) is 2. The highest BCUT2D eigenvalue weighted by molar-refractivity contribution is 7.91. The van der Waals surface area contributed by atoms with Gasteiger partial charge in [0.1, 0.15) is 23.4 Å². The third-order valence-corrected chi connectivity index (χ3v) is 12.4. The van der Waals surface area contributed by atoms with Crippen LogP contribution in [0.5, 0.6) is 5.75 Å². The maximum absolute atomic E-state index is 14.0. The molecule has 2 aromatic carbocycles. The fourth-order valence-corrected chi connectivity index (χ4v) is 8.49. The number of amides is 2. The minimum atomic E-state index is -3.96. The van der Waals surface area contributed by atoms with Crippen molar-refractivity contribution in [3.63, 3.8) is 0 Å². The number of carbonyl (C=O) groups excluding carboxylic acids is 3. The Morgan fingerprint density at radius 1 is 1.11 bits per heavy atom. The maximum Gasteiger partial charge on any atom is 0.243 e. The number of hydrogen-bond donors (Lipinski definition) is 4. The summed E-state index contributed by atoms with van der Waals surface area (Å²) in [5.41, 5.74) is 12.5. The van der Waals surface area contributed by atoms with Crippen LogP contribution in [0.2, 0.25) is 19.1 Å². The Balaban J connectivity index is 1.72. The molecule has 1 fully saturated rings. The van der Waals surface area contributed by atoms with Crippen molar-refractivity contribution in [1.29, 1.82) is 5.41 Å². The van der Waals surface area contributed by atoms with E-state index in [1.54, 1.807) is 24.3 Å². The summed E-state index contributed by atoms with van der Waals surface area (Å²) >= 11 is 0. The van der Waals surface area contributed by atoms with Crippen LogP contribution < -0.4 is 21.5 Å². The first-order chi connectivity index (χ1) is 21.8. The maximum atomic E-state index is 14.0. The normalized spacial score (nSPS) is 15.7. The Morgan fingerprint density at radius 3 is 2.39 bits per heavy atom. The fourth-order valence-electron chi connectivity index (χ4n) is 5.42. The standard InChI is InChI=1S/C32H47N5O7SSi/c1-43-27-12-14-28(15-13-27)45(41,42)22-25(20-26(38)6-5-18-44-46(2,3)19-16-33)32(40)37-17-4-7-29(37)31(39)36-21-23-8-10-24(11-9-23)30(34)35/h8-15,25,29H,4-7,16-22,33H2,1-3H3,(H3,34,35)(H,36,39)/t25-,29-/m0/s1. The van der Waals surface area contributed by atoms with E-state index in [4.69, 9.17) is 26.0 Å². The largest absolute Gasteiger partial charge is 0.497 e. The lowest BCUT2D eigenvalue weighted by molar-refractivity contribution is -0.142. The Labute approximate surface area is 272 Å². The van der Waals surface area contributed by atoms with E-state index in [2.05, 4.69) is 18.4 Å². The summed E-state index contributed by atoms with van der Waals surface area (Å²) < 4.78 is 38.1. The Hall–Kier alpha value is -3.59. The summed E-state index contributed by atoms with van der Waals surface area (Å²) in [4.78, 5) is 41.8. The average Bonchev–Trinajstić information content (AvgIpc) is 3.51. The zero-order valence-corrected chi connectivity index (χ0v) is 28.7. The lowest BCUT2D eigenvalue weighted by Crippen LogP contribution is -2.49. The van der Waals surface area contributed by atoms with Crippen LogP contribution in [0.25, 0.3) is 0 Å². The molecule has 12 nitrogen and oxygen atoms in total. The first kappa shape index (κ1) is 36.9. The van der Waals surface area contributed by atoms with Gasteiger partial charge in [-0.2, -0.15) is 0 Å². The van der Waals surface area contributed by atoms with Gasteiger partial charge in [-0.1, -0.05) is 24.3 Å². The van der Waals surface area contributed by atoms with Gasteiger partial charge in [-0.15, -0.1) is 0 Å². The zero-order valence-electron chi connectivity index (χ0n) is 26.9. The number of ether oxygens (including phenoxy) is 1. The number of nitrogens with two attached hydrogens (primary N) is 2. The molecule has 1 aliphatic rings. The zero-order chi connectivity index (χ0) is 33.9. The second-order valence-corrected chi connectivity index (χ2v) is 18.5. The van der Waals surface area contributed by atoms with Gasteiger partial charge in [0, 0.05) is 38.1 Å². The molecule has 2 aromatic rings. The molecule has 2 amide bonds. The van der Waals surface area contributed by atoms with E-state index >= 15 is 0 Å². The summed E-state index contributed by atoms with van der Waals surface area (Å²) in [5, 5.41) is 10.4. The van der Waals surface area contributed by atoms with Crippen molar-refractivity contribution in [2.24, 2.45) is 17.4 Å². The van der Waals surface area contributed by atoms with Crippen LogP contribution in [0.15, 0.2) is 53.4 Å². The molecule has 252 valence electrons. The van der Waals surface area contributed by atoms with Gasteiger partial charge in [0.25, 0.3) is 0 Å². The molecule has 3 rings (SSSR count). The van der Waals surface area contributed by atoms with Crippen molar-refractivity contribution in [3.05, 3.63) is 59.7 Å². The van der Waals surface area contributed by atoms with Crippen LogP contribution in [-0.2, 0) is 35.2 Å². The predicted molar refractivity (Wildman–Crippen MR) is 179 cm³/mol. The molecule has 1 aliphatic heterocycles. The van der Waals surface area contributed by atoms with Gasteiger partial charge in [-0.25, -0.2) is 8.42 Å². The van der Waals surface area contributed by atoms with Crippen molar-refractivity contribution in [2.45, 2.75) is 68.7 Å². The van der Waals surface area contributed by atoms with Crippen LogP contribution >= 0.6 is 0 Å². The second kappa shape index (κ2) is 16.8. The lowest BCUT2D eigenvalue weighted by Gasteiger charge is -2.28. The van der Waals surface area contributed by atoms with Crippen molar-refractivity contribution in [2.75, 3.05) is 32.6 Å². The number of sulfone groups is 1. The van der Waals surface area contributed by atoms with E-state index in [9.17, 15) is 22.8 Å². The topological polar surface area (TPSA) is 195 Å². The van der Waals surface area contributed by atoms with Crippen LogP contribution in [0.4, 0.5) is 0 Å². The number of amidine groups is 1. The molecule has 6 N–H and O–H groups in total. The number of hydrogen-bond acceptors (Lipinski definition) is 9. The second-order valence-electron chi connectivity index (χ2n) is 12.2. The third kappa shape index (κ3) is 10.7. The van der Waals surface area contributed by atoms with Gasteiger partial charge in [0.05, 0.1) is 23.7 Å². The first-order valence-electron chi connectivity index (χ1n) is 15.5. The van der Waals surface area contributed by atoms with E-state index in [1.165, 1.54) is 36.3 Å². The highest BCUT2D eigenvalue weighted by Gasteiger charge is 2.39. The number of nitrogens with zero attached hydrogens (tertiary/aromatic N) is 1. The molecular formula is C32H47N5O7SSi. The molecule has 0 unspecified atom stereocenters. The van der Waals surface area contributed by atoms with E-state index in [0.29, 0.717) is 43.7 Å². The van der Waals surface area contributed by atoms with Gasteiger partial charge in [0.15, 0.2) is 18.2 Å². The average molecular weight is 674 g/mol. The quantitative estimate of drug-likeness (QED) is 0.0796. The summed E-state index contributed by atoms with van der Waals surface area (Å²) in [6.45, 7) is 5.54. The van der Waals surface area contributed by atoms with Gasteiger partial charge >= 0.3 is 0 Å². The number of benzene rings is 2. The van der Waals surface area contributed by atoms with Gasteiger partial charge < -0.3 is 30.8 Å². The summed E-state index contributed by atoms with van der Waals surface area (Å²) in [6.07, 6.45) is 1.33. The summed E-state index contributed by atoms with van der Waals surface area (Å²) in [7, 11) is -4.40. The van der Waals surface area contributed by atoms with Crippen LogP contribution in [-0.4, -0.2) is 83.7 Å². The molecule has 0 radical (unpaired) electrons. The van der Waals surface area contributed by atoms with E-state index in [0.717, 1.165) is 11.6 Å². The highest BCUT2D eigenvalue weighted by atomic mass is 32.2. The molecule has 0 bridgehead atoms. The van der Waals surface area contributed by atoms with Crippen molar-refractivity contribution in [3.8, 4) is 5.75 Å². The summed E-state index contributed by atoms with van der Waals surface area (Å²) in [5.74, 6) is -2.41. The van der Waals surface area contributed by atoms with E-state index in [-0.39, 0.29) is 48.4 Å². The molecule has 0 aromatic heterocycles. The SMILES string of the molecule is COc1ccc(S(=O)(=O)C[C@H](CC(=O)CCCO[Si](C)(C)CCN)C(=O)N2CCC[C@H]2C(=O)NCc2ccc(C(=N)N)cc2)cc1. The van der Waals surface area contributed by atoms with Gasteiger partial charge in [-0.3, -0.25) is 19.8 Å². The molecule has 1 saturated heterocycles. The predicted octanol–water partition coefficient (Wildman–Crippen LogP) is 2.60. The molecule has 0 spiro atoms. The molecular weight excluding hydrogens is 627 g/mol. The number of likely N-dealkylation sites (tertiary alicyclic amines) is 1. The van der Waals surface area contributed by atoms with Gasteiger partial charge in [0.2, 0.25) is 11.8 Å². The molecule has 0 saturated carbocycles. The van der Waals surface area contributed by atoms with Gasteiger partial charge in [-0.05, 0) is 74.8 Å². The number of ketones is 1. The minimum absolute atomic E-state index is 0.0190. The Bertz CT molecular complexity index is 1470. The Morgan fingerprint density at radius 2 is 1.78 bits per heavy atom. The molecule has 14 heteroatoms. The fraction of sp³-hybridized carbons (Fsp3) is 0.500. The monoisotopic (exact) mass is 673 g/mol. The first-order valence-corrected chi connectivity index (χ1v) is 20.3. The number of nitrogen functional groups attached to an aromatic ring is 1. The number of carbonyl (C=O) groups is 3. The Kier molecular flexibility index (Phi) is 13.5. The third-order valence-electron chi connectivity index (χ3n) is 8.07. The van der Waals surface area contributed by atoms with E-state index < -0.39 is 41.8 Å². The van der Waals surface area contributed by atoms with Crippen LogP contribution in [0.1, 0.15) is 43.2 Å². The number of Topliss-reactive ketones (excluding diaryl/α,β-unsaturated/α-hetero) is 1. The molecule has 2 atom stereocenters. The lowest BCUT2D eigenvalue weighted by atomic mass is 9.99. The van der Waals surface area contributed by atoms with E-state index in [1.807, 2.05) is 0 Å². The molecule has 1 heterocycles. The van der Waals surface area contributed by atoms with Crippen molar-refractivity contribution >= 4 is 41.6 Å². The summed E-state index contributed by atoms with van der Waals surface area (Å²) in [6, 6.07) is 12.8. The van der Waals surface area contributed by atoms with Crippen LogP contribution in [0.3, 0.4) is 0 Å². The number of rotatable bonds is 18. The van der Waals surface area contributed by atoms with Crippen molar-refractivity contribution < 1.29 is 32.0 Å². The van der Waals surface area contributed by atoms with Crippen LogP contribution in [0, 0.1) is 11.3 Å². The molecule has 0 aliphatic carbocycles.